The van der Waals surface area contributed by atoms with Crippen LogP contribution in [0.3, 0.4) is 0 Å². The van der Waals surface area contributed by atoms with Gasteiger partial charge in [0.2, 0.25) is 0 Å². The molecule has 20 heavy (non-hydrogen) atoms. The zero-order valence-electron chi connectivity index (χ0n) is 11.4. The van der Waals surface area contributed by atoms with Crippen LogP contribution in [0.25, 0.3) is 0 Å². The van der Waals surface area contributed by atoms with Crippen LogP contribution in [0.4, 0.5) is 17.6 Å². The van der Waals surface area contributed by atoms with E-state index in [1.807, 2.05) is 0 Å². The van der Waals surface area contributed by atoms with E-state index in [4.69, 9.17) is 0 Å². The smallest absolute Gasteiger partial charge is 0.161 e. The third-order valence-corrected chi connectivity index (χ3v) is 2.60. The predicted octanol–water partition coefficient (Wildman–Crippen LogP) is 4.65. The van der Waals surface area contributed by atoms with Crippen molar-refractivity contribution < 1.29 is 50.3 Å². The second-order valence-electron chi connectivity index (χ2n) is 4.14. The van der Waals surface area contributed by atoms with Crippen molar-refractivity contribution in [1.82, 2.24) is 0 Å². The van der Waals surface area contributed by atoms with Crippen LogP contribution in [-0.4, -0.2) is 0 Å². The molecule has 0 aliphatic carbocycles. The Labute approximate surface area is 141 Å². The van der Waals surface area contributed by atoms with Crippen LogP contribution in [0, 0.1) is 50.1 Å². The zero-order valence-corrected chi connectivity index (χ0v) is 14.2. The molecule has 0 fully saturated rings. The van der Waals surface area contributed by atoms with E-state index in [0.29, 0.717) is 11.1 Å². The Kier molecular flexibility index (Phi) is 8.21. The van der Waals surface area contributed by atoms with Gasteiger partial charge in [0.15, 0.2) is 11.6 Å². The predicted molar refractivity (Wildman–Crippen MR) is 65.8 cm³/mol. The van der Waals surface area contributed by atoms with Crippen molar-refractivity contribution in [3.63, 3.8) is 0 Å². The molecule has 0 atom stereocenters. The molecule has 0 heterocycles. The van der Waals surface area contributed by atoms with Crippen LogP contribution < -0.4 is 0 Å². The van der Waals surface area contributed by atoms with Gasteiger partial charge in [0.05, 0.1) is 0 Å². The fourth-order valence-corrected chi connectivity index (χ4v) is 1.30. The third kappa shape index (κ3) is 5.33. The molecule has 0 saturated carbocycles. The summed E-state index contributed by atoms with van der Waals surface area (Å²) in [5.41, 5.74) is 1.84. The van der Waals surface area contributed by atoms with Gasteiger partial charge in [0.1, 0.15) is 0 Å². The molecule has 0 saturated heterocycles. The maximum Gasteiger partial charge on any atom is 0.161 e. The summed E-state index contributed by atoms with van der Waals surface area (Å²) >= 11 is 0. The number of hydrogen-bond acceptors (Lipinski definition) is 0. The summed E-state index contributed by atoms with van der Waals surface area (Å²) in [6, 6.07) is 7.36. The summed E-state index contributed by atoms with van der Waals surface area (Å²) in [6.45, 7) is 4.99. The van der Waals surface area contributed by atoms with Crippen LogP contribution in [0.15, 0.2) is 24.3 Å². The maximum atomic E-state index is 12.6. The van der Waals surface area contributed by atoms with Crippen LogP contribution in [-0.2, 0) is 32.7 Å². The monoisotopic (exact) mass is 358 g/mol. The minimum Gasteiger partial charge on any atom is -0.281 e. The Bertz CT molecular complexity index is 555. The second-order valence-corrected chi connectivity index (χ2v) is 4.14. The SMILES string of the molecule is Cc1c[c-]c(F)c(F)c1.Cc1ccc(F)c(F)c1C.[Y]. The third-order valence-electron chi connectivity index (χ3n) is 2.60. The molecule has 0 aromatic heterocycles. The summed E-state index contributed by atoms with van der Waals surface area (Å²) < 4.78 is 49.2. The van der Waals surface area contributed by atoms with Crippen molar-refractivity contribution in [1.29, 1.82) is 0 Å². The number of rotatable bonds is 0. The van der Waals surface area contributed by atoms with Gasteiger partial charge in [-0.15, -0.1) is 12.1 Å². The van der Waals surface area contributed by atoms with Gasteiger partial charge < -0.3 is 0 Å². The Morgan fingerprint density at radius 2 is 1.50 bits per heavy atom. The van der Waals surface area contributed by atoms with Gasteiger partial charge in [-0.25, -0.2) is 13.2 Å². The average molecular weight is 358 g/mol. The van der Waals surface area contributed by atoms with Crippen molar-refractivity contribution >= 4 is 0 Å². The van der Waals surface area contributed by atoms with Crippen molar-refractivity contribution in [3.8, 4) is 0 Å². The average Bonchev–Trinajstić information content (AvgIpc) is 2.37. The normalized spacial score (nSPS) is 9.35. The number of halogens is 4. The standard InChI is InChI=1S/C8H8F2.C7H5F2.Y/c1-5-3-4-7(9)8(10)6(5)2;1-5-2-3-6(8)7(9)4-5;/h3-4H,1-2H3;2,4H,1H3;/q;-1;. The van der Waals surface area contributed by atoms with Gasteiger partial charge in [-0.3, -0.25) is 4.39 Å². The van der Waals surface area contributed by atoms with E-state index in [1.165, 1.54) is 6.07 Å². The van der Waals surface area contributed by atoms with E-state index in [0.717, 1.165) is 17.7 Å². The first-order valence-electron chi connectivity index (χ1n) is 5.57. The Morgan fingerprint density at radius 1 is 0.900 bits per heavy atom. The van der Waals surface area contributed by atoms with Gasteiger partial charge in [0, 0.05) is 44.3 Å². The number of hydrogen-bond donors (Lipinski definition) is 0. The molecule has 0 spiro atoms. The van der Waals surface area contributed by atoms with E-state index < -0.39 is 23.3 Å². The van der Waals surface area contributed by atoms with E-state index in [1.54, 1.807) is 26.8 Å². The van der Waals surface area contributed by atoms with Gasteiger partial charge in [-0.05, 0) is 31.0 Å². The van der Waals surface area contributed by atoms with Crippen molar-refractivity contribution in [2.24, 2.45) is 0 Å². The molecule has 5 heteroatoms. The molecular formula is C15H13F4Y-. The molecule has 2 aromatic rings. The summed E-state index contributed by atoms with van der Waals surface area (Å²) in [6.07, 6.45) is 0. The van der Waals surface area contributed by atoms with E-state index >= 15 is 0 Å². The zero-order chi connectivity index (χ0) is 14.6. The van der Waals surface area contributed by atoms with Crippen molar-refractivity contribution in [3.05, 3.63) is 70.3 Å². The first kappa shape index (κ1) is 19.3. The minimum atomic E-state index is -0.916. The Morgan fingerprint density at radius 3 is 1.95 bits per heavy atom. The van der Waals surface area contributed by atoms with Crippen LogP contribution >= 0.6 is 0 Å². The molecule has 0 aliphatic heterocycles. The summed E-state index contributed by atoms with van der Waals surface area (Å²) in [5.74, 6) is -3.27. The summed E-state index contributed by atoms with van der Waals surface area (Å²) in [5, 5.41) is 0. The molecule has 0 amide bonds. The fraction of sp³-hybridized carbons (Fsp3) is 0.200. The van der Waals surface area contributed by atoms with Gasteiger partial charge in [-0.2, -0.15) is 11.6 Å². The van der Waals surface area contributed by atoms with Gasteiger partial charge >= 0.3 is 0 Å². The quantitative estimate of drug-likeness (QED) is 0.475. The van der Waals surface area contributed by atoms with Gasteiger partial charge in [0.25, 0.3) is 0 Å². The molecule has 2 aromatic carbocycles. The maximum absolute atomic E-state index is 12.6. The first-order chi connectivity index (χ1) is 8.82. The van der Waals surface area contributed by atoms with Crippen LogP contribution in [0.1, 0.15) is 16.7 Å². The molecule has 0 unspecified atom stereocenters. The van der Waals surface area contributed by atoms with Crippen LogP contribution in [0.5, 0.6) is 0 Å². The molecule has 0 bridgehead atoms. The molecule has 1 radical (unpaired) electrons. The number of benzene rings is 2. The molecule has 0 N–H and O–H groups in total. The van der Waals surface area contributed by atoms with Crippen LogP contribution in [0.2, 0.25) is 0 Å². The molecule has 0 nitrogen and oxygen atoms in total. The first-order valence-corrected chi connectivity index (χ1v) is 5.57. The molecule has 0 aliphatic rings. The van der Waals surface area contributed by atoms with E-state index in [2.05, 4.69) is 6.07 Å². The molecule has 2 rings (SSSR count). The second kappa shape index (κ2) is 8.53. The van der Waals surface area contributed by atoms with Crippen molar-refractivity contribution in [2.75, 3.05) is 0 Å². The Hall–Kier alpha value is -0.736. The molecule has 105 valence electrons. The Balaban J connectivity index is 0.000000345. The summed E-state index contributed by atoms with van der Waals surface area (Å²) in [7, 11) is 0. The topological polar surface area (TPSA) is 0 Å². The number of aryl methyl sites for hydroxylation is 2. The minimum absolute atomic E-state index is 0. The summed E-state index contributed by atoms with van der Waals surface area (Å²) in [4.78, 5) is 0. The van der Waals surface area contributed by atoms with Gasteiger partial charge in [-0.1, -0.05) is 13.0 Å². The van der Waals surface area contributed by atoms with E-state index in [-0.39, 0.29) is 32.7 Å². The molecular weight excluding hydrogens is 345 g/mol. The fourth-order valence-electron chi connectivity index (χ4n) is 1.30. The largest absolute Gasteiger partial charge is 0.281 e. The van der Waals surface area contributed by atoms with Crippen molar-refractivity contribution in [2.45, 2.75) is 20.8 Å². The van der Waals surface area contributed by atoms with E-state index in [9.17, 15) is 17.6 Å².